The van der Waals surface area contributed by atoms with Crippen LogP contribution < -0.4 is 0 Å². The Hall–Kier alpha value is -1.00. The van der Waals surface area contributed by atoms with Gasteiger partial charge in [0.2, 0.25) is 0 Å². The van der Waals surface area contributed by atoms with Crippen LogP contribution >= 0.6 is 0 Å². The van der Waals surface area contributed by atoms with Gasteiger partial charge in [-0.15, -0.1) is 0 Å². The molecule has 0 unspecified atom stereocenters. The van der Waals surface area contributed by atoms with E-state index >= 15 is 0 Å². The van der Waals surface area contributed by atoms with E-state index in [-0.39, 0.29) is 0 Å². The Morgan fingerprint density at radius 1 is 1.00 bits per heavy atom. The highest BCUT2D eigenvalue weighted by molar-refractivity contribution is 7.97. The van der Waals surface area contributed by atoms with Gasteiger partial charge in [-0.1, -0.05) is 12.1 Å². The van der Waals surface area contributed by atoms with Crippen molar-refractivity contribution in [1.82, 2.24) is 0 Å². The summed E-state index contributed by atoms with van der Waals surface area (Å²) in [5, 5.41) is 2.27. The van der Waals surface area contributed by atoms with E-state index in [1.165, 1.54) is 47.3 Å². The first kappa shape index (κ1) is 14.0. The van der Waals surface area contributed by atoms with Gasteiger partial charge < -0.3 is 0 Å². The topological polar surface area (TPSA) is 34.1 Å². The quantitative estimate of drug-likeness (QED) is 0.797. The first-order valence-electron chi connectivity index (χ1n) is 6.96. The number of fused-ring (bicyclic) bond motifs is 1. The van der Waals surface area contributed by atoms with E-state index < -0.39 is 9.84 Å². The van der Waals surface area contributed by atoms with Crippen molar-refractivity contribution in [2.24, 2.45) is 0 Å². The molecule has 106 valence electrons. The first-order valence-corrected chi connectivity index (χ1v) is 10.4. The molecule has 0 aliphatic carbocycles. The average Bonchev–Trinajstić information content (AvgIpc) is 2.46. The van der Waals surface area contributed by atoms with Crippen LogP contribution in [-0.4, -0.2) is 26.2 Å². The van der Waals surface area contributed by atoms with Crippen molar-refractivity contribution in [3.63, 3.8) is 0 Å². The van der Waals surface area contributed by atoms with Gasteiger partial charge in [0.25, 0.3) is 0 Å². The molecular weight excluding hydrogens is 288 g/mol. The minimum atomic E-state index is -3.13. The summed E-state index contributed by atoms with van der Waals surface area (Å²) in [6.45, 7) is 0. The van der Waals surface area contributed by atoms with Gasteiger partial charge in [-0.05, 0) is 48.9 Å². The molecule has 1 fully saturated rings. The highest BCUT2D eigenvalue weighted by Gasteiger charge is 2.26. The van der Waals surface area contributed by atoms with Crippen LogP contribution in [0.4, 0.5) is 0 Å². The van der Waals surface area contributed by atoms with Gasteiger partial charge in [0.1, 0.15) is 11.5 Å². The molecule has 0 amide bonds. The van der Waals surface area contributed by atoms with Crippen LogP contribution in [0.15, 0.2) is 46.2 Å². The fourth-order valence-corrected chi connectivity index (χ4v) is 5.94. The molecule has 0 radical (unpaired) electrons. The van der Waals surface area contributed by atoms with Crippen molar-refractivity contribution in [2.75, 3.05) is 17.8 Å². The highest BCUT2D eigenvalue weighted by atomic mass is 32.2. The maximum atomic E-state index is 11.7. The smallest absolute Gasteiger partial charge is 0.175 e. The van der Waals surface area contributed by atoms with Gasteiger partial charge in [-0.2, -0.15) is 0 Å². The molecule has 0 aromatic heterocycles. The lowest BCUT2D eigenvalue weighted by molar-refractivity contribution is 0.602. The third-order valence-corrected chi connectivity index (χ3v) is 7.48. The van der Waals surface area contributed by atoms with Crippen LogP contribution in [0.5, 0.6) is 0 Å². The summed E-state index contributed by atoms with van der Waals surface area (Å²) in [5.74, 6) is 2.57. The van der Waals surface area contributed by atoms with Crippen LogP contribution in [0.25, 0.3) is 10.8 Å². The number of hydrogen-bond acceptors (Lipinski definition) is 2. The minimum Gasteiger partial charge on any atom is -0.224 e. The summed E-state index contributed by atoms with van der Waals surface area (Å²) >= 11 is 0. The van der Waals surface area contributed by atoms with Crippen LogP contribution in [0.1, 0.15) is 19.3 Å². The Morgan fingerprint density at radius 3 is 2.45 bits per heavy atom. The molecule has 20 heavy (non-hydrogen) atoms. The van der Waals surface area contributed by atoms with Crippen molar-refractivity contribution < 1.29 is 8.42 Å². The Kier molecular flexibility index (Phi) is 3.78. The van der Waals surface area contributed by atoms with Crippen molar-refractivity contribution in [3.8, 4) is 0 Å². The lowest BCUT2D eigenvalue weighted by Gasteiger charge is -2.15. The van der Waals surface area contributed by atoms with Crippen molar-refractivity contribution >= 4 is 31.5 Å². The number of benzene rings is 2. The third kappa shape index (κ3) is 2.72. The summed E-state index contributed by atoms with van der Waals surface area (Å²) in [4.78, 5) is 1.83. The van der Waals surface area contributed by atoms with E-state index in [2.05, 4.69) is 12.1 Å². The molecule has 0 saturated carbocycles. The standard InChI is InChI=1S/C16H19O2S2/c1-20(17,18)14-8-9-15-13(12-14)6-5-7-16(15)19-10-3-2-4-11-19/h5-9,12H,2-4,10-11H2,1H3/q+1. The van der Waals surface area contributed by atoms with E-state index in [1.807, 2.05) is 18.2 Å². The van der Waals surface area contributed by atoms with Crippen LogP contribution in [0.3, 0.4) is 0 Å². The van der Waals surface area contributed by atoms with Crippen LogP contribution in [0.2, 0.25) is 0 Å². The monoisotopic (exact) mass is 307 g/mol. The van der Waals surface area contributed by atoms with Crippen molar-refractivity contribution in [3.05, 3.63) is 36.4 Å². The lowest BCUT2D eigenvalue weighted by atomic mass is 10.1. The molecule has 4 heteroatoms. The Morgan fingerprint density at radius 2 is 1.75 bits per heavy atom. The fourth-order valence-electron chi connectivity index (χ4n) is 2.77. The predicted octanol–water partition coefficient (Wildman–Crippen LogP) is 3.40. The first-order chi connectivity index (χ1) is 9.55. The van der Waals surface area contributed by atoms with Gasteiger partial charge in [0.15, 0.2) is 14.7 Å². The molecule has 1 saturated heterocycles. The second-order valence-corrected chi connectivity index (χ2v) is 9.63. The molecule has 2 aromatic carbocycles. The molecule has 1 aliphatic rings. The van der Waals surface area contributed by atoms with Crippen LogP contribution in [0, 0.1) is 0 Å². The number of sulfone groups is 1. The summed E-state index contributed by atoms with van der Waals surface area (Å²) in [5.41, 5.74) is 0. The second-order valence-electron chi connectivity index (χ2n) is 5.37. The molecule has 0 N–H and O–H groups in total. The van der Waals surface area contributed by atoms with Gasteiger partial charge in [0.05, 0.1) is 4.90 Å². The van der Waals surface area contributed by atoms with Gasteiger partial charge >= 0.3 is 0 Å². The molecule has 0 atom stereocenters. The summed E-state index contributed by atoms with van der Waals surface area (Å²) in [7, 11) is -2.79. The number of hydrogen-bond donors (Lipinski definition) is 0. The zero-order valence-electron chi connectivity index (χ0n) is 11.6. The Balaban J connectivity index is 2.11. The van der Waals surface area contributed by atoms with E-state index in [4.69, 9.17) is 0 Å². The second kappa shape index (κ2) is 5.41. The summed E-state index contributed by atoms with van der Waals surface area (Å²) in [6.07, 6.45) is 5.26. The average molecular weight is 307 g/mol. The summed E-state index contributed by atoms with van der Waals surface area (Å²) < 4.78 is 23.3. The maximum Gasteiger partial charge on any atom is 0.175 e. The van der Waals surface area contributed by atoms with Gasteiger partial charge in [-0.3, -0.25) is 0 Å². The van der Waals surface area contributed by atoms with Crippen LogP contribution in [-0.2, 0) is 20.7 Å². The van der Waals surface area contributed by atoms with E-state index in [0.29, 0.717) is 15.8 Å². The zero-order chi connectivity index (χ0) is 14.2. The molecule has 2 nitrogen and oxygen atoms in total. The molecule has 0 spiro atoms. The van der Waals surface area contributed by atoms with E-state index in [1.54, 1.807) is 6.07 Å². The minimum absolute atomic E-state index is 0.340. The Bertz CT molecular complexity index is 729. The molecule has 1 heterocycles. The summed E-state index contributed by atoms with van der Waals surface area (Å²) in [6, 6.07) is 11.8. The third-order valence-electron chi connectivity index (χ3n) is 3.83. The van der Waals surface area contributed by atoms with Crippen molar-refractivity contribution in [2.45, 2.75) is 29.1 Å². The zero-order valence-corrected chi connectivity index (χ0v) is 13.3. The molecule has 3 rings (SSSR count). The van der Waals surface area contributed by atoms with Gasteiger partial charge in [0, 0.05) is 22.5 Å². The maximum absolute atomic E-state index is 11.7. The lowest BCUT2D eigenvalue weighted by Crippen LogP contribution is -2.17. The normalized spacial score (nSPS) is 17.4. The van der Waals surface area contributed by atoms with E-state index in [0.717, 1.165) is 5.39 Å². The Labute approximate surface area is 123 Å². The fraction of sp³-hybridized carbons (Fsp3) is 0.375. The highest BCUT2D eigenvalue weighted by Crippen LogP contribution is 2.30. The molecule has 2 aromatic rings. The van der Waals surface area contributed by atoms with Crippen molar-refractivity contribution in [1.29, 1.82) is 0 Å². The van der Waals surface area contributed by atoms with E-state index in [9.17, 15) is 8.42 Å². The number of rotatable bonds is 2. The predicted molar refractivity (Wildman–Crippen MR) is 86.3 cm³/mol. The SMILES string of the molecule is CS(=O)(=O)c1ccc2c([S+]3CCCCC3)cccc2c1. The van der Waals surface area contributed by atoms with Gasteiger partial charge in [-0.25, -0.2) is 8.42 Å². The molecule has 1 aliphatic heterocycles. The largest absolute Gasteiger partial charge is 0.224 e. The molecule has 0 bridgehead atoms. The molecular formula is C16H19O2S2+.